The SMILES string of the molecule is CCN(NCCc1c[nH]c2ccccc12)C(Cc1ccccc1)C(=O)N(C)Cc1ccccc1. The van der Waals surface area contributed by atoms with Crippen LogP contribution in [0, 0.1) is 0 Å². The third kappa shape index (κ3) is 5.93. The Morgan fingerprint density at radius 3 is 2.26 bits per heavy atom. The number of nitrogens with one attached hydrogen (secondary N) is 2. The zero-order valence-corrected chi connectivity index (χ0v) is 20.1. The maximum Gasteiger partial charge on any atom is 0.241 e. The number of amides is 1. The van der Waals surface area contributed by atoms with Crippen molar-refractivity contribution in [3.63, 3.8) is 0 Å². The minimum absolute atomic E-state index is 0.120. The monoisotopic (exact) mass is 454 g/mol. The number of para-hydroxylation sites is 1. The summed E-state index contributed by atoms with van der Waals surface area (Å²) in [6.07, 6.45) is 3.63. The molecule has 0 aliphatic carbocycles. The highest BCUT2D eigenvalue weighted by molar-refractivity contribution is 5.83. The second-order valence-electron chi connectivity index (χ2n) is 8.69. The van der Waals surface area contributed by atoms with Gasteiger partial charge in [-0.3, -0.25) is 10.2 Å². The molecule has 5 nitrogen and oxygen atoms in total. The summed E-state index contributed by atoms with van der Waals surface area (Å²) in [4.78, 5) is 18.8. The van der Waals surface area contributed by atoms with Crippen molar-refractivity contribution in [2.24, 2.45) is 0 Å². The van der Waals surface area contributed by atoms with Crippen LogP contribution < -0.4 is 5.43 Å². The molecule has 0 aliphatic heterocycles. The number of nitrogens with zero attached hydrogens (tertiary/aromatic N) is 2. The smallest absolute Gasteiger partial charge is 0.241 e. The first-order valence-electron chi connectivity index (χ1n) is 12.0. The fourth-order valence-electron chi connectivity index (χ4n) is 4.47. The molecule has 1 atom stereocenters. The van der Waals surface area contributed by atoms with E-state index >= 15 is 0 Å². The first-order valence-corrected chi connectivity index (χ1v) is 12.0. The van der Waals surface area contributed by atoms with E-state index in [2.05, 4.69) is 71.0 Å². The van der Waals surface area contributed by atoms with Gasteiger partial charge in [0.15, 0.2) is 0 Å². The molecule has 0 saturated carbocycles. The third-order valence-corrected chi connectivity index (χ3v) is 6.30. The van der Waals surface area contributed by atoms with E-state index < -0.39 is 0 Å². The van der Waals surface area contributed by atoms with Crippen LogP contribution in [-0.4, -0.2) is 47.0 Å². The maximum atomic E-state index is 13.7. The standard InChI is InChI=1S/C29H34N4O/c1-3-33(31-19-18-25-21-30-27-17-11-10-16-26(25)27)28(20-23-12-6-4-7-13-23)29(34)32(2)22-24-14-8-5-9-15-24/h4-17,21,28,30-31H,3,18-20,22H2,1-2H3. The van der Waals surface area contributed by atoms with Gasteiger partial charge in [-0.05, 0) is 35.6 Å². The van der Waals surface area contributed by atoms with Gasteiger partial charge in [0, 0.05) is 43.8 Å². The quantitative estimate of drug-likeness (QED) is 0.320. The summed E-state index contributed by atoms with van der Waals surface area (Å²) in [5, 5.41) is 3.36. The summed E-state index contributed by atoms with van der Waals surface area (Å²) < 4.78 is 0. The molecule has 0 saturated heterocycles. The number of aromatic nitrogens is 1. The average molecular weight is 455 g/mol. The Hall–Kier alpha value is -3.41. The predicted octanol–water partition coefficient (Wildman–Crippen LogP) is 4.81. The first kappa shape index (κ1) is 23.7. The summed E-state index contributed by atoms with van der Waals surface area (Å²) in [5.74, 6) is 0.120. The van der Waals surface area contributed by atoms with Gasteiger partial charge in [0.25, 0.3) is 0 Å². The predicted molar refractivity (Wildman–Crippen MR) is 139 cm³/mol. The number of carbonyl (C=O) groups excluding carboxylic acids is 1. The minimum Gasteiger partial charge on any atom is -0.361 e. The van der Waals surface area contributed by atoms with Crippen LogP contribution in [0.2, 0.25) is 0 Å². The second kappa shape index (κ2) is 11.6. The van der Waals surface area contributed by atoms with Crippen LogP contribution in [-0.2, 0) is 24.2 Å². The summed E-state index contributed by atoms with van der Waals surface area (Å²) in [6, 6.07) is 28.5. The number of benzene rings is 3. The van der Waals surface area contributed by atoms with Crippen molar-refractivity contribution in [3.8, 4) is 0 Å². The molecule has 5 heteroatoms. The zero-order chi connectivity index (χ0) is 23.8. The molecule has 3 aromatic carbocycles. The van der Waals surface area contributed by atoms with E-state index in [-0.39, 0.29) is 11.9 Å². The Kier molecular flexibility index (Phi) is 8.12. The summed E-state index contributed by atoms with van der Waals surface area (Å²) >= 11 is 0. The number of rotatable bonds is 11. The Labute approximate surface area is 202 Å². The fraction of sp³-hybridized carbons (Fsp3) is 0.276. The molecule has 0 bridgehead atoms. The lowest BCUT2D eigenvalue weighted by atomic mass is 10.0. The molecule has 4 rings (SSSR count). The van der Waals surface area contributed by atoms with Gasteiger partial charge in [0.1, 0.15) is 6.04 Å². The van der Waals surface area contributed by atoms with E-state index in [1.807, 2.05) is 54.4 Å². The van der Waals surface area contributed by atoms with E-state index in [1.54, 1.807) is 0 Å². The van der Waals surface area contributed by atoms with Crippen molar-refractivity contribution in [2.45, 2.75) is 32.4 Å². The Morgan fingerprint density at radius 1 is 0.912 bits per heavy atom. The number of hydrogen-bond acceptors (Lipinski definition) is 3. The molecular weight excluding hydrogens is 420 g/mol. The summed E-state index contributed by atoms with van der Waals surface area (Å²) in [6.45, 7) is 4.19. The highest BCUT2D eigenvalue weighted by Crippen LogP contribution is 2.18. The van der Waals surface area contributed by atoms with Crippen LogP contribution in [0.25, 0.3) is 10.9 Å². The van der Waals surface area contributed by atoms with Crippen LogP contribution in [0.5, 0.6) is 0 Å². The van der Waals surface area contributed by atoms with Crippen LogP contribution in [0.3, 0.4) is 0 Å². The molecule has 1 amide bonds. The van der Waals surface area contributed by atoms with Gasteiger partial charge in [0.2, 0.25) is 5.91 Å². The first-order chi connectivity index (χ1) is 16.7. The van der Waals surface area contributed by atoms with Crippen molar-refractivity contribution in [3.05, 3.63) is 108 Å². The Morgan fingerprint density at radius 2 is 1.56 bits per heavy atom. The van der Waals surface area contributed by atoms with Crippen LogP contribution in [0.15, 0.2) is 91.1 Å². The Balaban J connectivity index is 1.46. The molecule has 176 valence electrons. The van der Waals surface area contributed by atoms with Crippen LogP contribution in [0.1, 0.15) is 23.6 Å². The number of fused-ring (bicyclic) bond motifs is 1. The molecule has 0 aliphatic rings. The lowest BCUT2D eigenvalue weighted by Crippen LogP contribution is -2.54. The molecule has 1 heterocycles. The van der Waals surface area contributed by atoms with Crippen molar-refractivity contribution >= 4 is 16.8 Å². The largest absolute Gasteiger partial charge is 0.361 e. The van der Waals surface area contributed by atoms with Gasteiger partial charge in [-0.1, -0.05) is 85.8 Å². The van der Waals surface area contributed by atoms with Crippen molar-refractivity contribution in [1.82, 2.24) is 20.3 Å². The fourth-order valence-corrected chi connectivity index (χ4v) is 4.47. The van der Waals surface area contributed by atoms with Gasteiger partial charge in [-0.2, -0.15) is 0 Å². The van der Waals surface area contributed by atoms with Crippen molar-refractivity contribution in [2.75, 3.05) is 20.1 Å². The minimum atomic E-state index is -0.288. The van der Waals surface area contributed by atoms with Gasteiger partial charge in [-0.15, -0.1) is 0 Å². The van der Waals surface area contributed by atoms with Crippen molar-refractivity contribution < 1.29 is 4.79 Å². The number of likely N-dealkylation sites (N-methyl/N-ethyl adjacent to an activating group) is 2. The number of carbonyl (C=O) groups is 1. The van der Waals surface area contributed by atoms with Gasteiger partial charge < -0.3 is 9.88 Å². The van der Waals surface area contributed by atoms with E-state index in [0.717, 1.165) is 36.2 Å². The highest BCUT2D eigenvalue weighted by atomic mass is 16.2. The molecule has 0 fully saturated rings. The van der Waals surface area contributed by atoms with E-state index in [1.165, 1.54) is 10.9 Å². The molecule has 0 radical (unpaired) electrons. The van der Waals surface area contributed by atoms with Gasteiger partial charge in [-0.25, -0.2) is 5.01 Å². The number of hydrogen-bond donors (Lipinski definition) is 2. The normalized spacial score (nSPS) is 12.2. The average Bonchev–Trinajstić information content (AvgIpc) is 3.29. The Bertz CT molecular complexity index is 1170. The zero-order valence-electron chi connectivity index (χ0n) is 20.1. The lowest BCUT2D eigenvalue weighted by Gasteiger charge is -2.33. The van der Waals surface area contributed by atoms with E-state index in [0.29, 0.717) is 13.0 Å². The molecule has 4 aromatic rings. The topological polar surface area (TPSA) is 51.4 Å². The van der Waals surface area contributed by atoms with E-state index in [9.17, 15) is 4.79 Å². The molecule has 0 spiro atoms. The number of hydrazine groups is 1. The third-order valence-electron chi connectivity index (χ3n) is 6.30. The number of H-pyrrole nitrogens is 1. The van der Waals surface area contributed by atoms with Crippen LogP contribution >= 0.6 is 0 Å². The molecule has 34 heavy (non-hydrogen) atoms. The van der Waals surface area contributed by atoms with Crippen molar-refractivity contribution in [1.29, 1.82) is 0 Å². The number of aromatic amines is 1. The second-order valence-corrected chi connectivity index (χ2v) is 8.69. The summed E-state index contributed by atoms with van der Waals surface area (Å²) in [7, 11) is 1.90. The van der Waals surface area contributed by atoms with Crippen LogP contribution in [0.4, 0.5) is 0 Å². The summed E-state index contributed by atoms with van der Waals surface area (Å²) in [5.41, 5.74) is 8.29. The van der Waals surface area contributed by atoms with Gasteiger partial charge >= 0.3 is 0 Å². The van der Waals surface area contributed by atoms with E-state index in [4.69, 9.17) is 0 Å². The molecule has 1 aromatic heterocycles. The lowest BCUT2D eigenvalue weighted by molar-refractivity contribution is -0.137. The molecule has 1 unspecified atom stereocenters. The highest BCUT2D eigenvalue weighted by Gasteiger charge is 2.28. The van der Waals surface area contributed by atoms with Gasteiger partial charge in [0.05, 0.1) is 0 Å². The maximum absolute atomic E-state index is 13.7. The molecular formula is C29H34N4O. The molecule has 2 N–H and O–H groups in total.